The van der Waals surface area contributed by atoms with E-state index in [2.05, 4.69) is 5.32 Å². The van der Waals surface area contributed by atoms with Gasteiger partial charge in [0.1, 0.15) is 5.82 Å². The molecule has 0 aliphatic heterocycles. The lowest BCUT2D eigenvalue weighted by atomic mass is 10.1. The smallest absolute Gasteiger partial charge is 0.172 e. The first-order valence-electron chi connectivity index (χ1n) is 5.29. The lowest BCUT2D eigenvalue weighted by molar-refractivity contribution is -0.121. The Hall–Kier alpha value is -0.680. The molecule has 0 aliphatic rings. The van der Waals surface area contributed by atoms with Gasteiger partial charge in [-0.3, -0.25) is 0 Å². The molecule has 0 aliphatic carbocycles. The van der Waals surface area contributed by atoms with Crippen molar-refractivity contribution in [2.75, 3.05) is 21.3 Å². The molecule has 1 atom stereocenters. The molecule has 1 aromatic carbocycles. The van der Waals surface area contributed by atoms with E-state index >= 15 is 0 Å². The summed E-state index contributed by atoms with van der Waals surface area (Å²) in [5.41, 5.74) is 0.926. The minimum absolute atomic E-state index is 0.0217. The van der Waals surface area contributed by atoms with Crippen molar-refractivity contribution in [2.45, 2.75) is 18.8 Å². The predicted molar refractivity (Wildman–Crippen MR) is 65.8 cm³/mol. The van der Waals surface area contributed by atoms with E-state index in [-0.39, 0.29) is 17.4 Å². The Morgan fingerprint density at radius 1 is 1.35 bits per heavy atom. The second-order valence-corrected chi connectivity index (χ2v) is 4.09. The minimum Gasteiger partial charge on any atom is -0.354 e. The summed E-state index contributed by atoms with van der Waals surface area (Å²) < 4.78 is 23.4. The molecule has 0 saturated carbocycles. The van der Waals surface area contributed by atoms with E-state index in [0.29, 0.717) is 6.42 Å². The van der Waals surface area contributed by atoms with Crippen LogP contribution in [0, 0.1) is 5.82 Å². The van der Waals surface area contributed by atoms with E-state index in [1.165, 1.54) is 6.07 Å². The van der Waals surface area contributed by atoms with Crippen LogP contribution in [-0.4, -0.2) is 33.6 Å². The van der Waals surface area contributed by atoms with Gasteiger partial charge in [-0.15, -0.1) is 0 Å². The van der Waals surface area contributed by atoms with E-state index in [0.717, 1.165) is 5.56 Å². The summed E-state index contributed by atoms with van der Waals surface area (Å²) >= 11 is 5.73. The van der Waals surface area contributed by atoms with Crippen LogP contribution in [0.4, 0.5) is 4.39 Å². The second-order valence-electron chi connectivity index (χ2n) is 3.69. The molecule has 1 aromatic rings. The molecule has 5 heteroatoms. The lowest BCUT2D eigenvalue weighted by Crippen LogP contribution is -2.41. The molecule has 96 valence electrons. The van der Waals surface area contributed by atoms with Crippen LogP contribution in [0.5, 0.6) is 0 Å². The molecule has 3 nitrogen and oxygen atoms in total. The van der Waals surface area contributed by atoms with Gasteiger partial charge in [0.2, 0.25) is 0 Å². The number of hydrogen-bond donors (Lipinski definition) is 1. The Balaban J connectivity index is 2.76. The molecule has 0 bridgehead atoms. The third-order valence-corrected chi connectivity index (χ3v) is 2.89. The van der Waals surface area contributed by atoms with E-state index in [9.17, 15) is 4.39 Å². The molecular formula is C12H17ClFNO2. The maximum atomic E-state index is 13.0. The minimum atomic E-state index is -0.411. The first-order valence-corrected chi connectivity index (χ1v) is 5.67. The van der Waals surface area contributed by atoms with Crippen molar-refractivity contribution in [3.8, 4) is 0 Å². The highest BCUT2D eigenvalue weighted by Crippen LogP contribution is 2.18. The van der Waals surface area contributed by atoms with Crippen molar-refractivity contribution >= 4 is 11.6 Å². The average Bonchev–Trinajstić information content (AvgIpc) is 2.33. The zero-order chi connectivity index (χ0) is 12.8. The zero-order valence-electron chi connectivity index (χ0n) is 10.2. The summed E-state index contributed by atoms with van der Waals surface area (Å²) in [5.74, 6) is -0.411. The molecule has 0 heterocycles. The van der Waals surface area contributed by atoms with Gasteiger partial charge in [-0.2, -0.15) is 0 Å². The first-order chi connectivity index (χ1) is 8.12. The van der Waals surface area contributed by atoms with Gasteiger partial charge in [-0.1, -0.05) is 17.7 Å². The fourth-order valence-electron chi connectivity index (χ4n) is 1.68. The SMILES string of the molecule is CNC(Cc1ccc(F)c(Cl)c1)C(OC)OC. The monoisotopic (exact) mass is 261 g/mol. The molecule has 17 heavy (non-hydrogen) atoms. The number of rotatable bonds is 6. The third-order valence-electron chi connectivity index (χ3n) is 2.60. The number of halogens is 2. The van der Waals surface area contributed by atoms with Gasteiger partial charge in [0.15, 0.2) is 6.29 Å². The fraction of sp³-hybridized carbons (Fsp3) is 0.500. The van der Waals surface area contributed by atoms with E-state index in [1.54, 1.807) is 26.4 Å². The molecular weight excluding hydrogens is 245 g/mol. The molecule has 0 spiro atoms. The molecule has 1 rings (SSSR count). The van der Waals surface area contributed by atoms with Gasteiger partial charge >= 0.3 is 0 Å². The van der Waals surface area contributed by atoms with Crippen LogP contribution in [0.3, 0.4) is 0 Å². The molecule has 0 saturated heterocycles. The fourth-order valence-corrected chi connectivity index (χ4v) is 1.88. The standard InChI is InChI=1S/C12H17ClFNO2/c1-15-11(12(16-2)17-3)7-8-4-5-10(14)9(13)6-8/h4-6,11-12,15H,7H2,1-3H3. The molecule has 0 aromatic heterocycles. The van der Waals surface area contributed by atoms with Crippen molar-refractivity contribution in [3.05, 3.63) is 34.6 Å². The van der Waals surface area contributed by atoms with Crippen LogP contribution in [0.2, 0.25) is 5.02 Å². The first kappa shape index (κ1) is 14.4. The van der Waals surface area contributed by atoms with E-state index < -0.39 is 5.82 Å². The topological polar surface area (TPSA) is 30.5 Å². The number of methoxy groups -OCH3 is 2. The highest BCUT2D eigenvalue weighted by molar-refractivity contribution is 6.30. The Bertz CT molecular complexity index is 358. The predicted octanol–water partition coefficient (Wildman–Crippen LogP) is 2.23. The van der Waals surface area contributed by atoms with Gasteiger partial charge in [-0.25, -0.2) is 4.39 Å². The Labute approximate surface area is 106 Å². The van der Waals surface area contributed by atoms with E-state index in [1.807, 2.05) is 7.05 Å². The third kappa shape index (κ3) is 3.92. The Morgan fingerprint density at radius 2 is 2.00 bits per heavy atom. The van der Waals surface area contributed by atoms with E-state index in [4.69, 9.17) is 21.1 Å². The summed E-state index contributed by atoms with van der Waals surface area (Å²) in [6, 6.07) is 4.66. The van der Waals surface area contributed by atoms with Crippen LogP contribution in [0.25, 0.3) is 0 Å². The van der Waals surface area contributed by atoms with Gasteiger partial charge < -0.3 is 14.8 Å². The summed E-state index contributed by atoms with van der Waals surface area (Å²) in [4.78, 5) is 0. The summed E-state index contributed by atoms with van der Waals surface area (Å²) in [5, 5.41) is 3.23. The summed E-state index contributed by atoms with van der Waals surface area (Å²) in [7, 11) is 4.98. The molecule has 0 amide bonds. The van der Waals surface area contributed by atoms with Crippen LogP contribution in [0.15, 0.2) is 18.2 Å². The number of ether oxygens (including phenoxy) is 2. The van der Waals surface area contributed by atoms with Crippen LogP contribution >= 0.6 is 11.6 Å². The van der Waals surface area contributed by atoms with Crippen molar-refractivity contribution in [1.82, 2.24) is 5.32 Å². The highest BCUT2D eigenvalue weighted by atomic mass is 35.5. The summed E-state index contributed by atoms with van der Waals surface area (Å²) in [6.45, 7) is 0. The molecule has 0 fully saturated rings. The molecule has 1 N–H and O–H groups in total. The average molecular weight is 262 g/mol. The maximum absolute atomic E-state index is 13.0. The quantitative estimate of drug-likeness (QED) is 0.797. The normalized spacial score (nSPS) is 13.1. The van der Waals surface area contributed by atoms with Crippen molar-refractivity contribution in [3.63, 3.8) is 0 Å². The largest absolute Gasteiger partial charge is 0.354 e. The second kappa shape index (κ2) is 6.91. The number of hydrogen-bond acceptors (Lipinski definition) is 3. The zero-order valence-corrected chi connectivity index (χ0v) is 10.9. The van der Waals surface area contributed by atoms with Gasteiger partial charge in [0.05, 0.1) is 11.1 Å². The van der Waals surface area contributed by atoms with Crippen LogP contribution in [0.1, 0.15) is 5.56 Å². The Kier molecular flexibility index (Phi) is 5.85. The number of benzene rings is 1. The van der Waals surface area contributed by atoms with Gasteiger partial charge in [-0.05, 0) is 31.2 Å². The number of nitrogens with one attached hydrogen (secondary N) is 1. The van der Waals surface area contributed by atoms with Crippen LogP contribution in [-0.2, 0) is 15.9 Å². The highest BCUT2D eigenvalue weighted by Gasteiger charge is 2.19. The van der Waals surface area contributed by atoms with Crippen molar-refractivity contribution in [1.29, 1.82) is 0 Å². The maximum Gasteiger partial charge on any atom is 0.172 e. The molecule has 0 radical (unpaired) electrons. The molecule has 1 unspecified atom stereocenters. The van der Waals surface area contributed by atoms with Gasteiger partial charge in [0.25, 0.3) is 0 Å². The van der Waals surface area contributed by atoms with Crippen molar-refractivity contribution < 1.29 is 13.9 Å². The lowest BCUT2D eigenvalue weighted by Gasteiger charge is -2.24. The van der Waals surface area contributed by atoms with Gasteiger partial charge in [0, 0.05) is 14.2 Å². The Morgan fingerprint density at radius 3 is 2.47 bits per heavy atom. The summed E-state index contributed by atoms with van der Waals surface area (Å²) in [6.07, 6.45) is 0.284. The van der Waals surface area contributed by atoms with Crippen LogP contribution < -0.4 is 5.32 Å². The number of likely N-dealkylation sites (N-methyl/N-ethyl adjacent to an activating group) is 1. The van der Waals surface area contributed by atoms with Crippen molar-refractivity contribution in [2.24, 2.45) is 0 Å².